The molecule has 0 unspecified atom stereocenters. The monoisotopic (exact) mass is 242 g/mol. The summed E-state index contributed by atoms with van der Waals surface area (Å²) in [6.45, 7) is -0.351. The topological polar surface area (TPSA) is 98.1 Å². The van der Waals surface area contributed by atoms with Crippen LogP contribution in [0.3, 0.4) is 0 Å². The van der Waals surface area contributed by atoms with Gasteiger partial charge < -0.3 is 20.0 Å². The van der Waals surface area contributed by atoms with E-state index in [0.29, 0.717) is 19.5 Å². The van der Waals surface area contributed by atoms with Crippen molar-refractivity contribution in [1.29, 1.82) is 0 Å². The number of carbonyl (C=O) groups excluding carboxylic acids is 1. The highest BCUT2D eigenvalue weighted by Crippen LogP contribution is 2.05. The molecule has 7 nitrogen and oxygen atoms in total. The third-order valence-electron chi connectivity index (χ3n) is 2.25. The Balaban J connectivity index is 2.67. The van der Waals surface area contributed by atoms with E-state index < -0.39 is 31.1 Å². The van der Waals surface area contributed by atoms with Crippen molar-refractivity contribution in [2.24, 2.45) is 0 Å². The Morgan fingerprint density at radius 1 is 1.12 bits per heavy atom. The molecule has 1 aliphatic heterocycles. The highest BCUT2D eigenvalue weighted by Gasteiger charge is 2.24. The van der Waals surface area contributed by atoms with Crippen LogP contribution in [0, 0.1) is 0 Å². The zero-order valence-corrected chi connectivity index (χ0v) is 9.20. The molecule has 0 atom stereocenters. The molecule has 1 heterocycles. The largest absolute Gasteiger partial charge is 0.480 e. The third-order valence-corrected chi connectivity index (χ3v) is 2.25. The summed E-state index contributed by atoms with van der Waals surface area (Å²) < 4.78 is 0. The van der Waals surface area contributed by atoms with E-state index in [2.05, 4.69) is 0 Å². The Kier molecular flexibility index (Phi) is 4.50. The molecule has 0 radical (unpaired) electrons. The van der Waals surface area contributed by atoms with Crippen molar-refractivity contribution in [3.8, 4) is 0 Å². The molecule has 2 amide bonds. The number of hydrogen-bond acceptors (Lipinski definition) is 3. The van der Waals surface area contributed by atoms with Gasteiger partial charge in [0.1, 0.15) is 13.1 Å². The molecule has 94 valence electrons. The first-order valence-corrected chi connectivity index (χ1v) is 5.13. The maximum absolute atomic E-state index is 11.9. The number of carboxylic acids is 2. The van der Waals surface area contributed by atoms with Gasteiger partial charge in [-0.05, 0) is 6.42 Å². The summed E-state index contributed by atoms with van der Waals surface area (Å²) >= 11 is 0. The summed E-state index contributed by atoms with van der Waals surface area (Å²) in [4.78, 5) is 35.2. The number of hydrogen-bond donors (Lipinski definition) is 2. The minimum Gasteiger partial charge on any atom is -0.480 e. The first kappa shape index (κ1) is 13.0. The summed E-state index contributed by atoms with van der Waals surface area (Å²) in [7, 11) is 0. The van der Waals surface area contributed by atoms with Gasteiger partial charge in [0.05, 0.1) is 0 Å². The van der Waals surface area contributed by atoms with Crippen LogP contribution in [0.1, 0.15) is 6.42 Å². The molecular formula is C10H14N2O5. The fraction of sp³-hybridized carbons (Fsp3) is 0.500. The van der Waals surface area contributed by atoms with Crippen LogP contribution in [0.2, 0.25) is 0 Å². The molecule has 0 spiro atoms. The average Bonchev–Trinajstić information content (AvgIpc) is 2.27. The maximum atomic E-state index is 11.9. The van der Waals surface area contributed by atoms with Gasteiger partial charge in [-0.15, -0.1) is 0 Å². The van der Waals surface area contributed by atoms with E-state index in [4.69, 9.17) is 10.2 Å². The van der Waals surface area contributed by atoms with Crippen molar-refractivity contribution in [3.63, 3.8) is 0 Å². The molecule has 0 bridgehead atoms. The van der Waals surface area contributed by atoms with Crippen LogP contribution in [0.5, 0.6) is 0 Å². The van der Waals surface area contributed by atoms with Crippen molar-refractivity contribution in [2.75, 3.05) is 26.2 Å². The lowest BCUT2D eigenvalue weighted by Crippen LogP contribution is -2.48. The average molecular weight is 242 g/mol. The molecule has 0 aliphatic carbocycles. The van der Waals surface area contributed by atoms with Crippen LogP contribution < -0.4 is 0 Å². The lowest BCUT2D eigenvalue weighted by molar-refractivity contribution is -0.140. The van der Waals surface area contributed by atoms with Crippen LogP contribution in [0.25, 0.3) is 0 Å². The minimum absolute atomic E-state index is 0.384. The van der Waals surface area contributed by atoms with Gasteiger partial charge >= 0.3 is 18.0 Å². The highest BCUT2D eigenvalue weighted by atomic mass is 16.4. The van der Waals surface area contributed by atoms with Gasteiger partial charge in [0, 0.05) is 13.1 Å². The summed E-state index contributed by atoms with van der Waals surface area (Å²) in [6, 6.07) is -0.556. The van der Waals surface area contributed by atoms with Crippen LogP contribution in [-0.4, -0.2) is 64.2 Å². The van der Waals surface area contributed by atoms with E-state index in [1.54, 1.807) is 6.08 Å². The van der Waals surface area contributed by atoms with Crippen LogP contribution in [-0.2, 0) is 9.59 Å². The Bertz CT molecular complexity index is 337. The van der Waals surface area contributed by atoms with E-state index in [1.807, 2.05) is 6.08 Å². The quantitative estimate of drug-likeness (QED) is 0.667. The molecule has 1 rings (SSSR count). The number of carboxylic acid groups (broad SMARTS) is 2. The van der Waals surface area contributed by atoms with Gasteiger partial charge in [-0.25, -0.2) is 4.79 Å². The van der Waals surface area contributed by atoms with E-state index >= 15 is 0 Å². The first-order valence-electron chi connectivity index (χ1n) is 5.13. The lowest BCUT2D eigenvalue weighted by Gasteiger charge is -2.29. The zero-order chi connectivity index (χ0) is 12.8. The third kappa shape index (κ3) is 4.13. The predicted molar refractivity (Wildman–Crippen MR) is 57.6 cm³/mol. The van der Waals surface area contributed by atoms with Gasteiger partial charge in [0.2, 0.25) is 0 Å². The first-order chi connectivity index (χ1) is 8.00. The van der Waals surface area contributed by atoms with Gasteiger partial charge in [-0.1, -0.05) is 12.2 Å². The van der Waals surface area contributed by atoms with Crippen molar-refractivity contribution in [1.82, 2.24) is 9.80 Å². The highest BCUT2D eigenvalue weighted by molar-refractivity contribution is 5.84. The van der Waals surface area contributed by atoms with E-state index in [9.17, 15) is 14.4 Å². The van der Waals surface area contributed by atoms with Crippen molar-refractivity contribution >= 4 is 18.0 Å². The number of carbonyl (C=O) groups is 3. The Hall–Kier alpha value is -2.05. The van der Waals surface area contributed by atoms with Crippen LogP contribution in [0.4, 0.5) is 4.79 Å². The number of aliphatic carboxylic acids is 2. The Morgan fingerprint density at radius 3 is 2.12 bits per heavy atom. The SMILES string of the molecule is O=C(O)CN(CC(=O)O)C(=O)N1CC=CCC1. The summed E-state index contributed by atoms with van der Waals surface area (Å²) in [6.07, 6.45) is 4.41. The summed E-state index contributed by atoms with van der Waals surface area (Å²) in [5, 5.41) is 17.2. The van der Waals surface area contributed by atoms with Crippen molar-refractivity contribution in [2.45, 2.75) is 6.42 Å². The lowest BCUT2D eigenvalue weighted by atomic mass is 10.2. The molecule has 2 N–H and O–H groups in total. The molecule has 0 aromatic heterocycles. The molecule has 1 aliphatic rings. The normalized spacial score (nSPS) is 14.5. The van der Waals surface area contributed by atoms with Crippen LogP contribution in [0.15, 0.2) is 12.2 Å². The van der Waals surface area contributed by atoms with Crippen LogP contribution >= 0.6 is 0 Å². The molecule has 0 aromatic rings. The second-order valence-electron chi connectivity index (χ2n) is 3.63. The van der Waals surface area contributed by atoms with E-state index in [1.165, 1.54) is 4.90 Å². The van der Waals surface area contributed by atoms with Gasteiger partial charge in [0.15, 0.2) is 0 Å². The molecule has 17 heavy (non-hydrogen) atoms. The fourth-order valence-corrected chi connectivity index (χ4v) is 1.53. The number of nitrogens with zero attached hydrogens (tertiary/aromatic N) is 2. The Labute approximate surface area is 97.9 Å². The summed E-state index contributed by atoms with van der Waals surface area (Å²) in [5.74, 6) is -2.46. The molecule has 0 fully saturated rings. The van der Waals surface area contributed by atoms with E-state index in [-0.39, 0.29) is 0 Å². The van der Waals surface area contributed by atoms with Crippen molar-refractivity contribution in [3.05, 3.63) is 12.2 Å². The molecule has 0 aromatic carbocycles. The molecular weight excluding hydrogens is 228 g/mol. The van der Waals surface area contributed by atoms with Gasteiger partial charge in [0.25, 0.3) is 0 Å². The fourth-order valence-electron chi connectivity index (χ4n) is 1.53. The number of amides is 2. The molecule has 0 saturated heterocycles. The predicted octanol–water partition coefficient (Wildman–Crippen LogP) is -0.160. The standard InChI is InChI=1S/C10H14N2O5/c13-8(14)6-12(7-9(15)16)10(17)11-4-2-1-3-5-11/h1-2H,3-7H2,(H,13,14)(H,15,16). The maximum Gasteiger partial charge on any atom is 0.323 e. The summed E-state index contributed by atoms with van der Waals surface area (Å²) in [5.41, 5.74) is 0. The molecule has 7 heteroatoms. The second kappa shape index (κ2) is 5.88. The smallest absolute Gasteiger partial charge is 0.323 e. The number of rotatable bonds is 4. The zero-order valence-electron chi connectivity index (χ0n) is 9.20. The second-order valence-corrected chi connectivity index (χ2v) is 3.63. The van der Waals surface area contributed by atoms with Crippen molar-refractivity contribution < 1.29 is 24.6 Å². The number of urea groups is 1. The molecule has 0 saturated carbocycles. The minimum atomic E-state index is -1.23. The van der Waals surface area contributed by atoms with Gasteiger partial charge in [-0.2, -0.15) is 0 Å². The van der Waals surface area contributed by atoms with E-state index in [0.717, 1.165) is 4.90 Å². The van der Waals surface area contributed by atoms with Gasteiger partial charge in [-0.3, -0.25) is 9.59 Å². The Morgan fingerprint density at radius 2 is 1.71 bits per heavy atom.